The van der Waals surface area contributed by atoms with E-state index in [0.29, 0.717) is 0 Å². The fourth-order valence-electron chi connectivity index (χ4n) is 1.73. The molecule has 1 aromatic carbocycles. The summed E-state index contributed by atoms with van der Waals surface area (Å²) in [4.78, 5) is 23.5. The van der Waals surface area contributed by atoms with E-state index in [2.05, 4.69) is 38.2 Å². The molecule has 0 aliphatic rings. The molecule has 1 aromatic rings. The molecule has 1 atom stereocenters. The molecule has 22 heavy (non-hydrogen) atoms. The first kappa shape index (κ1) is 18.5. The van der Waals surface area contributed by atoms with E-state index in [1.54, 1.807) is 0 Å². The lowest BCUT2D eigenvalue weighted by atomic mass is 9.87. The molecule has 0 heterocycles. The summed E-state index contributed by atoms with van der Waals surface area (Å²) in [5.41, 5.74) is 1.35. The molecule has 6 heteroatoms. The van der Waals surface area contributed by atoms with Gasteiger partial charge in [0, 0.05) is 12.0 Å². The van der Waals surface area contributed by atoms with Gasteiger partial charge in [0.1, 0.15) is 0 Å². The zero-order chi connectivity index (χ0) is 16.8. The summed E-state index contributed by atoms with van der Waals surface area (Å²) in [6, 6.07) is 8.11. The number of ether oxygens (including phenoxy) is 1. The highest BCUT2D eigenvalue weighted by molar-refractivity contribution is 8.00. The van der Waals surface area contributed by atoms with Crippen LogP contribution in [0, 0.1) is 0 Å². The summed E-state index contributed by atoms with van der Waals surface area (Å²) < 4.78 is 4.75. The minimum atomic E-state index is -1.09. The third-order valence-electron chi connectivity index (χ3n) is 3.13. The number of carboxylic acids is 1. The van der Waals surface area contributed by atoms with Crippen molar-refractivity contribution < 1.29 is 19.4 Å². The van der Waals surface area contributed by atoms with Gasteiger partial charge in [-0.25, -0.2) is 4.79 Å². The Morgan fingerprint density at radius 2 is 1.86 bits per heavy atom. The Morgan fingerprint density at radius 3 is 2.32 bits per heavy atom. The summed E-state index contributed by atoms with van der Waals surface area (Å²) in [5, 5.41) is 11.4. The number of carbonyl (C=O) groups is 2. The lowest BCUT2D eigenvalue weighted by Crippen LogP contribution is -2.38. The van der Waals surface area contributed by atoms with Crippen LogP contribution in [0.5, 0.6) is 0 Å². The van der Waals surface area contributed by atoms with Crippen molar-refractivity contribution in [2.24, 2.45) is 0 Å². The minimum absolute atomic E-state index is 0.0335. The number of carbonyl (C=O) groups excluding carboxylic acids is 1. The quantitative estimate of drug-likeness (QED) is 0.752. The summed E-state index contributed by atoms with van der Waals surface area (Å²) in [5.74, 6) is -1.06. The summed E-state index contributed by atoms with van der Waals surface area (Å²) in [6.45, 7) is 6.42. The highest BCUT2D eigenvalue weighted by Gasteiger charge is 2.17. The fourth-order valence-corrected chi connectivity index (χ4v) is 2.46. The molecule has 5 nitrogen and oxygen atoms in total. The average molecular weight is 325 g/mol. The maximum Gasteiger partial charge on any atom is 0.334 e. The standard InChI is InChI=1S/C16H23NO4S/c1-16(2,3)11-5-7-12(8-6-11)22-10-14(18)17-9-13(21-4)15(19)20/h5-8,13H,9-10H2,1-4H3,(H,17,18)(H,19,20). The van der Waals surface area contributed by atoms with E-state index in [0.717, 1.165) is 4.90 Å². The molecule has 2 N–H and O–H groups in total. The van der Waals surface area contributed by atoms with Gasteiger partial charge in [0.2, 0.25) is 5.91 Å². The largest absolute Gasteiger partial charge is 0.479 e. The molecule has 0 saturated carbocycles. The van der Waals surface area contributed by atoms with Gasteiger partial charge in [-0.05, 0) is 23.1 Å². The number of hydrogen-bond donors (Lipinski definition) is 2. The van der Waals surface area contributed by atoms with Crippen LogP contribution in [0.15, 0.2) is 29.2 Å². The predicted molar refractivity (Wildman–Crippen MR) is 87.3 cm³/mol. The first-order valence-electron chi connectivity index (χ1n) is 6.99. The number of amides is 1. The zero-order valence-electron chi connectivity index (χ0n) is 13.4. The zero-order valence-corrected chi connectivity index (χ0v) is 14.2. The Balaban J connectivity index is 2.43. The Bertz CT molecular complexity index is 508. The molecule has 0 fully saturated rings. The molecule has 0 radical (unpaired) electrons. The van der Waals surface area contributed by atoms with Crippen molar-refractivity contribution in [2.45, 2.75) is 37.2 Å². The van der Waals surface area contributed by atoms with Gasteiger partial charge in [-0.3, -0.25) is 4.79 Å². The van der Waals surface area contributed by atoms with Gasteiger partial charge in [0.15, 0.2) is 6.10 Å². The van der Waals surface area contributed by atoms with E-state index >= 15 is 0 Å². The Hall–Kier alpha value is -1.53. The fraction of sp³-hybridized carbons (Fsp3) is 0.500. The molecule has 0 aliphatic carbocycles. The minimum Gasteiger partial charge on any atom is -0.479 e. The van der Waals surface area contributed by atoms with Crippen molar-refractivity contribution in [3.05, 3.63) is 29.8 Å². The smallest absolute Gasteiger partial charge is 0.334 e. The van der Waals surface area contributed by atoms with Crippen LogP contribution in [-0.2, 0) is 19.7 Å². The van der Waals surface area contributed by atoms with Gasteiger partial charge in [-0.1, -0.05) is 32.9 Å². The SMILES string of the molecule is COC(CNC(=O)CSc1ccc(C(C)(C)C)cc1)C(=O)O. The van der Waals surface area contributed by atoms with Gasteiger partial charge < -0.3 is 15.2 Å². The monoisotopic (exact) mass is 325 g/mol. The lowest BCUT2D eigenvalue weighted by molar-refractivity contribution is -0.148. The van der Waals surface area contributed by atoms with E-state index in [1.165, 1.54) is 24.4 Å². The van der Waals surface area contributed by atoms with E-state index in [-0.39, 0.29) is 23.6 Å². The molecule has 0 aliphatic heterocycles. The normalized spacial score (nSPS) is 12.7. The number of rotatable bonds is 7. The lowest BCUT2D eigenvalue weighted by Gasteiger charge is -2.19. The maximum absolute atomic E-state index is 11.7. The van der Waals surface area contributed by atoms with Gasteiger partial charge in [-0.15, -0.1) is 11.8 Å². The van der Waals surface area contributed by atoms with E-state index in [9.17, 15) is 9.59 Å². The molecule has 122 valence electrons. The molecule has 0 saturated heterocycles. The van der Waals surface area contributed by atoms with Gasteiger partial charge >= 0.3 is 5.97 Å². The van der Waals surface area contributed by atoms with Crippen molar-refractivity contribution in [2.75, 3.05) is 19.4 Å². The summed E-state index contributed by atoms with van der Waals surface area (Å²) in [7, 11) is 1.30. The Labute approximate surface area is 135 Å². The highest BCUT2D eigenvalue weighted by Crippen LogP contribution is 2.25. The van der Waals surface area contributed by atoms with Crippen LogP contribution < -0.4 is 5.32 Å². The van der Waals surface area contributed by atoms with Crippen molar-refractivity contribution in [1.29, 1.82) is 0 Å². The number of thioether (sulfide) groups is 1. The first-order valence-corrected chi connectivity index (χ1v) is 7.98. The second kappa shape index (κ2) is 8.19. The number of aliphatic carboxylic acids is 1. The molecule has 0 bridgehead atoms. The van der Waals surface area contributed by atoms with Crippen LogP contribution in [0.25, 0.3) is 0 Å². The molecule has 0 spiro atoms. The van der Waals surface area contributed by atoms with Crippen LogP contribution in [0.1, 0.15) is 26.3 Å². The Morgan fingerprint density at radius 1 is 1.27 bits per heavy atom. The summed E-state index contributed by atoms with van der Waals surface area (Å²) in [6.07, 6.45) is -1.01. The Kier molecular flexibility index (Phi) is 6.90. The molecule has 1 unspecified atom stereocenters. The molecular weight excluding hydrogens is 302 g/mol. The maximum atomic E-state index is 11.7. The molecular formula is C16H23NO4S. The number of carboxylic acid groups (broad SMARTS) is 1. The molecule has 1 amide bonds. The second-order valence-corrected chi connectivity index (χ2v) is 6.98. The van der Waals surface area contributed by atoms with E-state index in [1.807, 2.05) is 12.1 Å². The third kappa shape index (κ3) is 6.07. The third-order valence-corrected chi connectivity index (χ3v) is 4.15. The van der Waals surface area contributed by atoms with Gasteiger partial charge in [0.05, 0.1) is 12.3 Å². The summed E-state index contributed by atoms with van der Waals surface area (Å²) >= 11 is 1.42. The van der Waals surface area contributed by atoms with Gasteiger partial charge in [-0.2, -0.15) is 0 Å². The van der Waals surface area contributed by atoms with E-state index < -0.39 is 12.1 Å². The first-order chi connectivity index (χ1) is 10.2. The van der Waals surface area contributed by atoms with Crippen LogP contribution in [0.3, 0.4) is 0 Å². The number of nitrogens with one attached hydrogen (secondary N) is 1. The number of benzene rings is 1. The van der Waals surface area contributed by atoms with Gasteiger partial charge in [0.25, 0.3) is 0 Å². The van der Waals surface area contributed by atoms with Crippen LogP contribution in [0.2, 0.25) is 0 Å². The van der Waals surface area contributed by atoms with Crippen molar-refractivity contribution in [1.82, 2.24) is 5.32 Å². The average Bonchev–Trinajstić information content (AvgIpc) is 2.45. The van der Waals surface area contributed by atoms with Crippen LogP contribution in [-0.4, -0.2) is 42.5 Å². The molecule has 0 aromatic heterocycles. The van der Waals surface area contributed by atoms with Crippen LogP contribution >= 0.6 is 11.8 Å². The highest BCUT2D eigenvalue weighted by atomic mass is 32.2. The number of methoxy groups -OCH3 is 1. The van der Waals surface area contributed by atoms with Crippen LogP contribution in [0.4, 0.5) is 0 Å². The van der Waals surface area contributed by atoms with E-state index in [4.69, 9.17) is 9.84 Å². The number of hydrogen-bond acceptors (Lipinski definition) is 4. The van der Waals surface area contributed by atoms with Crippen molar-refractivity contribution in [3.8, 4) is 0 Å². The predicted octanol–water partition coefficient (Wildman–Crippen LogP) is 2.29. The topological polar surface area (TPSA) is 75.6 Å². The van der Waals surface area contributed by atoms with Crippen molar-refractivity contribution in [3.63, 3.8) is 0 Å². The second-order valence-electron chi connectivity index (χ2n) is 5.93. The van der Waals surface area contributed by atoms with Crippen molar-refractivity contribution >= 4 is 23.6 Å². The molecule has 1 rings (SSSR count).